The Morgan fingerprint density at radius 1 is 0.912 bits per heavy atom. The molecule has 0 N–H and O–H groups in total. The quantitative estimate of drug-likeness (QED) is 0.218. The first-order chi connectivity index (χ1) is 16.2. The molecule has 0 radical (unpaired) electrons. The normalized spacial score (nSPS) is 19.5. The fourth-order valence-electron chi connectivity index (χ4n) is 5.52. The molecule has 0 amide bonds. The van der Waals surface area contributed by atoms with Gasteiger partial charge in [0.25, 0.3) is 5.69 Å². The number of nitrogens with zero attached hydrogens (tertiary/aromatic N) is 2. The van der Waals surface area contributed by atoms with Crippen LogP contribution in [0.25, 0.3) is 0 Å². The van der Waals surface area contributed by atoms with Gasteiger partial charge in [0.2, 0.25) is 0 Å². The zero-order chi connectivity index (χ0) is 24.1. The Bertz CT molecular complexity index is 1290. The average molecular weight is 485 g/mol. The average Bonchev–Trinajstić information content (AvgIpc) is 3.52. The minimum absolute atomic E-state index is 0.0177. The van der Waals surface area contributed by atoms with Gasteiger partial charge in [-0.25, -0.2) is 18.6 Å². The second kappa shape index (κ2) is 8.05. The Morgan fingerprint density at radius 2 is 1.50 bits per heavy atom. The highest BCUT2D eigenvalue weighted by molar-refractivity contribution is 5.57. The lowest BCUT2D eigenvalue weighted by Gasteiger charge is -2.48. The lowest BCUT2D eigenvalue weighted by Crippen LogP contribution is -2.68. The zero-order valence-corrected chi connectivity index (χ0v) is 18.2. The van der Waals surface area contributed by atoms with E-state index in [9.17, 15) is 10.1 Å². The molecule has 2 atom stereocenters. The molecule has 5 heterocycles. The number of rotatable bonds is 3. The lowest BCUT2D eigenvalue weighted by atomic mass is 9.54. The summed E-state index contributed by atoms with van der Waals surface area (Å²) in [6.45, 7) is 0. The van der Waals surface area contributed by atoms with Gasteiger partial charge in [-0.15, -0.1) is 10.2 Å². The van der Waals surface area contributed by atoms with Gasteiger partial charge in [-0.05, 0) is 17.7 Å². The number of hydrogen-bond donors (Lipinski definition) is 0. The maximum atomic E-state index is 12.0. The number of halogens is 1. The van der Waals surface area contributed by atoms with Gasteiger partial charge in [-0.1, -0.05) is 24.3 Å². The van der Waals surface area contributed by atoms with E-state index in [2.05, 4.69) is 16.7 Å². The molecular formula is C23H17ClN2O8. The molecule has 2 aliphatic heterocycles. The van der Waals surface area contributed by atoms with Gasteiger partial charge in [0.1, 0.15) is 0 Å². The van der Waals surface area contributed by atoms with E-state index in [1.165, 1.54) is 5.56 Å². The molecule has 10 nitrogen and oxygen atoms in total. The van der Waals surface area contributed by atoms with Crippen molar-refractivity contribution >= 4 is 5.69 Å². The summed E-state index contributed by atoms with van der Waals surface area (Å²) in [5.74, 6) is -0.236. The van der Waals surface area contributed by atoms with Gasteiger partial charge < -0.3 is 8.83 Å². The second-order valence-electron chi connectivity index (χ2n) is 8.10. The SMILES string of the molecule is O=[N+]([O-])c1ccc[n+]2c1C1c3ccccc3C2CC1(c1ccoc1)c1ccoc1.[O-][Cl+3]([O-])([O-])[O-]. The number of hydrogen-bond acceptors (Lipinski definition) is 8. The maximum absolute atomic E-state index is 12.0. The second-order valence-corrected chi connectivity index (χ2v) is 8.85. The van der Waals surface area contributed by atoms with Crippen LogP contribution in [-0.4, -0.2) is 4.92 Å². The first-order valence-electron chi connectivity index (χ1n) is 10.2. The topological polar surface area (TPSA) is 166 Å². The van der Waals surface area contributed by atoms with Crippen LogP contribution >= 0.6 is 0 Å². The first-order valence-corrected chi connectivity index (χ1v) is 11.4. The zero-order valence-electron chi connectivity index (χ0n) is 17.4. The number of fused-ring (bicyclic) bond motifs is 1. The van der Waals surface area contributed by atoms with E-state index in [0.717, 1.165) is 28.8 Å². The minimum atomic E-state index is -4.94. The lowest BCUT2D eigenvalue weighted by molar-refractivity contribution is -2.00. The predicted molar refractivity (Wildman–Crippen MR) is 103 cm³/mol. The smallest absolute Gasteiger partial charge is 0.336 e. The molecule has 2 unspecified atom stereocenters. The van der Waals surface area contributed by atoms with Crippen LogP contribution in [0.5, 0.6) is 0 Å². The van der Waals surface area contributed by atoms with Crippen LogP contribution in [-0.2, 0) is 5.41 Å². The monoisotopic (exact) mass is 484 g/mol. The maximum Gasteiger partial charge on any atom is 0.336 e. The molecule has 0 fully saturated rings. The van der Waals surface area contributed by atoms with E-state index in [1.54, 1.807) is 37.2 Å². The van der Waals surface area contributed by atoms with Crippen molar-refractivity contribution in [2.75, 3.05) is 0 Å². The summed E-state index contributed by atoms with van der Waals surface area (Å²) < 4.78 is 47.0. The van der Waals surface area contributed by atoms with Crippen LogP contribution in [0.3, 0.4) is 0 Å². The molecule has 4 aromatic rings. The van der Waals surface area contributed by atoms with Crippen molar-refractivity contribution in [3.05, 3.63) is 118 Å². The van der Waals surface area contributed by atoms with Crippen LogP contribution in [0.1, 0.15) is 46.3 Å². The van der Waals surface area contributed by atoms with Crippen molar-refractivity contribution in [2.24, 2.45) is 0 Å². The molecule has 0 saturated carbocycles. The molecule has 34 heavy (non-hydrogen) atoms. The molecule has 1 aliphatic carbocycles. The molecule has 174 valence electrons. The van der Waals surface area contributed by atoms with Crippen LogP contribution in [0.2, 0.25) is 0 Å². The Labute approximate surface area is 194 Å². The van der Waals surface area contributed by atoms with E-state index in [-0.39, 0.29) is 22.6 Å². The van der Waals surface area contributed by atoms with E-state index < -0.39 is 15.7 Å². The van der Waals surface area contributed by atoms with Crippen LogP contribution < -0.4 is 23.2 Å². The van der Waals surface area contributed by atoms with Crippen molar-refractivity contribution in [1.29, 1.82) is 0 Å². The number of nitro groups is 1. The summed E-state index contributed by atoms with van der Waals surface area (Å²) in [7, 11) is -4.94. The summed E-state index contributed by atoms with van der Waals surface area (Å²) in [5.41, 5.74) is 4.73. The van der Waals surface area contributed by atoms with E-state index in [1.807, 2.05) is 30.5 Å². The highest BCUT2D eigenvalue weighted by Gasteiger charge is 2.62. The summed E-state index contributed by atoms with van der Waals surface area (Å²) >= 11 is 0. The van der Waals surface area contributed by atoms with Gasteiger partial charge in [0, 0.05) is 35.2 Å². The first kappa shape index (κ1) is 22.3. The van der Waals surface area contributed by atoms with Crippen LogP contribution in [0.15, 0.2) is 88.6 Å². The van der Waals surface area contributed by atoms with Gasteiger partial charge in [-0.3, -0.25) is 10.1 Å². The number of furan rings is 2. The molecule has 1 aromatic carbocycles. The largest absolute Gasteiger partial charge is 0.472 e. The fraction of sp³-hybridized carbons (Fsp3) is 0.174. The number of aromatic nitrogens is 1. The number of pyridine rings is 1. The Morgan fingerprint density at radius 3 is 2.03 bits per heavy atom. The fourth-order valence-corrected chi connectivity index (χ4v) is 5.52. The molecular weight excluding hydrogens is 468 g/mol. The summed E-state index contributed by atoms with van der Waals surface area (Å²) in [4.78, 5) is 11.7. The molecule has 0 saturated heterocycles. The summed E-state index contributed by atoms with van der Waals surface area (Å²) in [6, 6.07) is 15.6. The molecule has 7 rings (SSSR count). The van der Waals surface area contributed by atoms with Gasteiger partial charge >= 0.3 is 5.69 Å². The number of benzene rings is 1. The van der Waals surface area contributed by atoms with Gasteiger partial charge in [0.15, 0.2) is 12.2 Å². The third-order valence-electron chi connectivity index (χ3n) is 6.59. The van der Waals surface area contributed by atoms with Gasteiger partial charge in [0.05, 0.1) is 41.3 Å². The Kier molecular flexibility index (Phi) is 5.27. The van der Waals surface area contributed by atoms with E-state index >= 15 is 0 Å². The summed E-state index contributed by atoms with van der Waals surface area (Å²) in [5, 5.41) is 12.0. The van der Waals surface area contributed by atoms with Crippen molar-refractivity contribution in [1.82, 2.24) is 0 Å². The minimum Gasteiger partial charge on any atom is -0.472 e. The molecule has 3 aliphatic rings. The van der Waals surface area contributed by atoms with Crippen molar-refractivity contribution < 1.29 is 47.2 Å². The van der Waals surface area contributed by atoms with Crippen LogP contribution in [0.4, 0.5) is 5.69 Å². The third kappa shape index (κ3) is 3.49. The molecule has 0 spiro atoms. The van der Waals surface area contributed by atoms with E-state index in [0.29, 0.717) is 0 Å². The Hall–Kier alpha value is -3.54. The van der Waals surface area contributed by atoms with Crippen molar-refractivity contribution in [3.63, 3.8) is 0 Å². The molecule has 3 aromatic heterocycles. The highest BCUT2D eigenvalue weighted by Crippen LogP contribution is 2.60. The van der Waals surface area contributed by atoms with Crippen LogP contribution in [0, 0.1) is 20.4 Å². The highest BCUT2D eigenvalue weighted by atomic mass is 35.7. The Balaban J connectivity index is 0.000000439. The summed E-state index contributed by atoms with van der Waals surface area (Å²) in [6.07, 6.45) is 9.58. The third-order valence-corrected chi connectivity index (χ3v) is 6.59. The van der Waals surface area contributed by atoms with Crippen molar-refractivity contribution in [3.8, 4) is 0 Å². The molecule has 11 heteroatoms. The predicted octanol–water partition coefficient (Wildman–Crippen LogP) is -0.263. The van der Waals surface area contributed by atoms with E-state index in [4.69, 9.17) is 27.5 Å². The van der Waals surface area contributed by atoms with Gasteiger partial charge in [-0.2, -0.15) is 4.57 Å². The molecule has 2 bridgehead atoms. The van der Waals surface area contributed by atoms with Crippen molar-refractivity contribution in [2.45, 2.75) is 23.8 Å². The standard InChI is InChI=1S/C23H17N2O4.ClHO4/c26-25(27)19-6-3-9-24-20-12-23(15-7-10-28-13-15,16-8-11-29-14-16)21(22(19)24)18-5-2-1-4-17(18)20;2-1(3,4)5/h1-11,13-14,20-21H,12H2;(H,2,3,4,5)/q+1;/p-1.